The number of imidazole rings is 1. The summed E-state index contributed by atoms with van der Waals surface area (Å²) < 4.78 is 40.1. The van der Waals surface area contributed by atoms with Gasteiger partial charge in [0.1, 0.15) is 5.76 Å². The van der Waals surface area contributed by atoms with Gasteiger partial charge in [0.25, 0.3) is 5.91 Å². The van der Waals surface area contributed by atoms with Crippen LogP contribution in [0.2, 0.25) is 10.0 Å². The average molecular weight is 589 g/mol. The quantitative estimate of drug-likeness (QED) is 0.233. The minimum absolute atomic E-state index is 0.0493. The Morgan fingerprint density at radius 3 is 2.59 bits per heavy atom. The first kappa shape index (κ1) is 27.5. The molecule has 0 aliphatic carbocycles. The number of nitrogens with zero attached hydrogens (tertiary/aromatic N) is 3. The summed E-state index contributed by atoms with van der Waals surface area (Å²) in [5.41, 5.74) is 1.49. The number of amides is 1. The molecule has 1 aliphatic rings. The molecule has 2 aromatic heterocycles. The van der Waals surface area contributed by atoms with Crippen molar-refractivity contribution in [3.05, 3.63) is 106 Å². The summed E-state index contributed by atoms with van der Waals surface area (Å²) in [6.45, 7) is 1.14. The van der Waals surface area contributed by atoms with Gasteiger partial charge < -0.3 is 18.6 Å². The van der Waals surface area contributed by atoms with Gasteiger partial charge in [0.2, 0.25) is 15.0 Å². The molecule has 1 amide bonds. The van der Waals surface area contributed by atoms with Crippen LogP contribution >= 0.6 is 23.2 Å². The standard InChI is InChI=1S/C28H27Cl2N3O5S/c29-21-10-11-25(26(30)14-21)27(34)32(17-23-8-4-12-37-23)16-22-15-31-28(33(22)18-24-9-5-13-38-24)39(35,36)19-20-6-2-1-3-7-20/h1-4,6-8,10-12,14-15,24H,5,9,13,16-19H2. The molecule has 11 heteroatoms. The van der Waals surface area contributed by atoms with E-state index in [0.717, 1.165) is 12.8 Å². The van der Waals surface area contributed by atoms with E-state index in [1.165, 1.54) is 18.5 Å². The van der Waals surface area contributed by atoms with Crippen LogP contribution in [0.1, 0.15) is 40.2 Å². The molecule has 3 heterocycles. The van der Waals surface area contributed by atoms with Crippen LogP contribution in [0.5, 0.6) is 0 Å². The van der Waals surface area contributed by atoms with E-state index in [-0.39, 0.29) is 46.6 Å². The fourth-order valence-electron chi connectivity index (χ4n) is 4.63. The number of benzene rings is 2. The molecule has 1 unspecified atom stereocenters. The Bertz CT molecular complexity index is 1530. The number of halogens is 2. The van der Waals surface area contributed by atoms with Gasteiger partial charge >= 0.3 is 0 Å². The number of rotatable bonds is 10. The van der Waals surface area contributed by atoms with Crippen LogP contribution in [0, 0.1) is 0 Å². The van der Waals surface area contributed by atoms with Crippen LogP contribution in [-0.4, -0.2) is 41.5 Å². The summed E-state index contributed by atoms with van der Waals surface area (Å²) in [4.78, 5) is 19.6. The Balaban J connectivity index is 1.51. The number of carbonyl (C=O) groups is 1. The molecule has 204 valence electrons. The number of aromatic nitrogens is 2. The van der Waals surface area contributed by atoms with Crippen molar-refractivity contribution in [3.8, 4) is 0 Å². The van der Waals surface area contributed by atoms with Crippen LogP contribution < -0.4 is 0 Å². The molecule has 0 N–H and O–H groups in total. The highest BCUT2D eigenvalue weighted by Gasteiger charge is 2.29. The van der Waals surface area contributed by atoms with Crippen LogP contribution in [0.4, 0.5) is 0 Å². The van der Waals surface area contributed by atoms with Gasteiger partial charge in [0.05, 0.1) is 60.2 Å². The maximum Gasteiger partial charge on any atom is 0.256 e. The smallest absolute Gasteiger partial charge is 0.256 e. The monoisotopic (exact) mass is 587 g/mol. The molecule has 8 nitrogen and oxygen atoms in total. The van der Waals surface area contributed by atoms with Gasteiger partial charge in [0, 0.05) is 11.6 Å². The van der Waals surface area contributed by atoms with Gasteiger partial charge in [-0.2, -0.15) is 0 Å². The average Bonchev–Trinajstić information content (AvgIpc) is 3.68. The topological polar surface area (TPSA) is 94.6 Å². The van der Waals surface area contributed by atoms with Gasteiger partial charge in [0.15, 0.2) is 0 Å². The molecule has 2 aromatic carbocycles. The van der Waals surface area contributed by atoms with E-state index >= 15 is 0 Å². The Labute approximate surface area is 237 Å². The lowest BCUT2D eigenvalue weighted by Crippen LogP contribution is -2.32. The number of furan rings is 1. The molecule has 0 radical (unpaired) electrons. The maximum absolute atomic E-state index is 13.7. The van der Waals surface area contributed by atoms with E-state index in [1.807, 2.05) is 6.07 Å². The Morgan fingerprint density at radius 1 is 1.08 bits per heavy atom. The summed E-state index contributed by atoms with van der Waals surface area (Å²) in [7, 11) is -3.80. The molecule has 0 saturated carbocycles. The van der Waals surface area contributed by atoms with Gasteiger partial charge in [-0.05, 0) is 48.7 Å². The zero-order chi connectivity index (χ0) is 27.4. The number of sulfone groups is 1. The molecule has 1 saturated heterocycles. The highest BCUT2D eigenvalue weighted by atomic mass is 35.5. The largest absolute Gasteiger partial charge is 0.467 e. The molecule has 0 spiro atoms. The lowest BCUT2D eigenvalue weighted by atomic mass is 10.2. The molecule has 5 rings (SSSR count). The van der Waals surface area contributed by atoms with Crippen molar-refractivity contribution in [1.82, 2.24) is 14.5 Å². The van der Waals surface area contributed by atoms with Crippen LogP contribution in [0.15, 0.2) is 82.7 Å². The zero-order valence-corrected chi connectivity index (χ0v) is 23.3. The van der Waals surface area contributed by atoms with Crippen molar-refractivity contribution in [2.45, 2.75) is 49.5 Å². The molecular formula is C28H27Cl2N3O5S. The van der Waals surface area contributed by atoms with Crippen molar-refractivity contribution in [3.63, 3.8) is 0 Å². The Kier molecular flexibility index (Phi) is 8.42. The van der Waals surface area contributed by atoms with Gasteiger partial charge in [-0.3, -0.25) is 4.79 Å². The summed E-state index contributed by atoms with van der Waals surface area (Å²) in [5.74, 6) is 0.0211. The zero-order valence-electron chi connectivity index (χ0n) is 21.0. The van der Waals surface area contributed by atoms with Gasteiger partial charge in [-0.25, -0.2) is 13.4 Å². The first-order chi connectivity index (χ1) is 18.8. The second kappa shape index (κ2) is 12.0. The fraction of sp³-hybridized carbons (Fsp3) is 0.286. The lowest BCUT2D eigenvalue weighted by Gasteiger charge is -2.24. The number of carbonyl (C=O) groups excluding carboxylic acids is 1. The Hall–Kier alpha value is -3.11. The molecule has 0 bridgehead atoms. The highest BCUT2D eigenvalue weighted by molar-refractivity contribution is 7.90. The number of ether oxygens (including phenoxy) is 1. The van der Waals surface area contributed by atoms with Crippen molar-refractivity contribution in [2.24, 2.45) is 0 Å². The summed E-state index contributed by atoms with van der Waals surface area (Å²) in [5, 5.41) is 0.583. The van der Waals surface area contributed by atoms with E-state index in [1.54, 1.807) is 58.0 Å². The second-order valence-electron chi connectivity index (χ2n) is 9.39. The van der Waals surface area contributed by atoms with Crippen LogP contribution in [-0.2, 0) is 40.0 Å². The predicted octanol–water partition coefficient (Wildman–Crippen LogP) is 5.78. The van der Waals surface area contributed by atoms with Crippen molar-refractivity contribution >= 4 is 38.9 Å². The van der Waals surface area contributed by atoms with Gasteiger partial charge in [-0.15, -0.1) is 0 Å². The second-order valence-corrected chi connectivity index (χ2v) is 12.1. The van der Waals surface area contributed by atoms with E-state index < -0.39 is 9.84 Å². The third kappa shape index (κ3) is 6.55. The van der Waals surface area contributed by atoms with E-state index in [4.69, 9.17) is 32.4 Å². The minimum Gasteiger partial charge on any atom is -0.467 e. The summed E-state index contributed by atoms with van der Waals surface area (Å²) >= 11 is 12.4. The predicted molar refractivity (Wildman–Crippen MR) is 147 cm³/mol. The van der Waals surface area contributed by atoms with Crippen molar-refractivity contribution < 1.29 is 22.4 Å². The van der Waals surface area contributed by atoms with Crippen LogP contribution in [0.25, 0.3) is 0 Å². The molecule has 1 atom stereocenters. The first-order valence-electron chi connectivity index (χ1n) is 12.5. The SMILES string of the molecule is O=C(c1ccc(Cl)cc1Cl)N(Cc1ccco1)Cc1cnc(S(=O)(=O)Cc2ccccc2)n1CC1CCCO1. The third-order valence-corrected chi connectivity index (χ3v) is 8.66. The van der Waals surface area contributed by atoms with E-state index in [9.17, 15) is 13.2 Å². The van der Waals surface area contributed by atoms with E-state index in [2.05, 4.69) is 4.98 Å². The normalized spacial score (nSPS) is 15.5. The lowest BCUT2D eigenvalue weighted by molar-refractivity contribution is 0.0706. The number of hydrogen-bond donors (Lipinski definition) is 0. The highest BCUT2D eigenvalue weighted by Crippen LogP contribution is 2.26. The minimum atomic E-state index is -3.80. The molecule has 4 aromatic rings. The molecule has 1 aliphatic heterocycles. The molecular weight excluding hydrogens is 561 g/mol. The third-order valence-electron chi connectivity index (χ3n) is 6.52. The summed E-state index contributed by atoms with van der Waals surface area (Å²) in [6, 6.07) is 17.2. The van der Waals surface area contributed by atoms with Crippen molar-refractivity contribution in [1.29, 1.82) is 0 Å². The molecule has 1 fully saturated rings. The summed E-state index contributed by atoms with van der Waals surface area (Å²) in [6.07, 6.45) is 4.61. The van der Waals surface area contributed by atoms with Crippen molar-refractivity contribution in [2.75, 3.05) is 6.61 Å². The maximum atomic E-state index is 13.7. The van der Waals surface area contributed by atoms with E-state index in [0.29, 0.717) is 35.2 Å². The fourth-order valence-corrected chi connectivity index (χ4v) is 6.62. The number of hydrogen-bond acceptors (Lipinski definition) is 6. The first-order valence-corrected chi connectivity index (χ1v) is 14.9. The molecule has 39 heavy (non-hydrogen) atoms. The van der Waals surface area contributed by atoms with Crippen LogP contribution in [0.3, 0.4) is 0 Å². The van der Waals surface area contributed by atoms with Gasteiger partial charge in [-0.1, -0.05) is 53.5 Å². The Morgan fingerprint density at radius 2 is 1.90 bits per heavy atom.